The molecule has 3 nitrogen and oxygen atoms in total. The fraction of sp³-hybridized carbons (Fsp3) is 0.154. The highest BCUT2D eigenvalue weighted by Gasteiger charge is 2.16. The van der Waals surface area contributed by atoms with E-state index >= 15 is 0 Å². The molecule has 0 saturated heterocycles. The standard InChI is InChI=1S/C13H11F2NO2S/c14-10-7-12(16)11(15)6-9(10)13(17)18-4-3-8-2-1-5-19-8/h1-2,5-7H,3-4,16H2. The SMILES string of the molecule is Nc1cc(F)c(C(=O)OCCc2cccs2)cc1F. The van der Waals surface area contributed by atoms with Crippen molar-refractivity contribution in [2.24, 2.45) is 0 Å². The number of ether oxygens (including phenoxy) is 1. The van der Waals surface area contributed by atoms with Crippen LogP contribution >= 0.6 is 11.3 Å². The molecule has 0 amide bonds. The molecule has 0 aliphatic rings. The summed E-state index contributed by atoms with van der Waals surface area (Å²) in [6.07, 6.45) is 0.544. The zero-order chi connectivity index (χ0) is 13.8. The normalized spacial score (nSPS) is 10.4. The summed E-state index contributed by atoms with van der Waals surface area (Å²) in [7, 11) is 0. The summed E-state index contributed by atoms with van der Waals surface area (Å²) in [4.78, 5) is 12.6. The van der Waals surface area contributed by atoms with Gasteiger partial charge >= 0.3 is 5.97 Å². The fourth-order valence-electron chi connectivity index (χ4n) is 1.50. The first-order valence-corrected chi connectivity index (χ1v) is 6.40. The van der Waals surface area contributed by atoms with Gasteiger partial charge in [-0.3, -0.25) is 0 Å². The van der Waals surface area contributed by atoms with Crippen LogP contribution in [0.15, 0.2) is 29.6 Å². The predicted octanol–water partition coefficient (Wildman–Crippen LogP) is 3.01. The van der Waals surface area contributed by atoms with E-state index in [4.69, 9.17) is 10.5 Å². The number of hydrogen-bond acceptors (Lipinski definition) is 4. The quantitative estimate of drug-likeness (QED) is 0.693. The van der Waals surface area contributed by atoms with E-state index in [0.29, 0.717) is 6.42 Å². The molecule has 1 aromatic heterocycles. The van der Waals surface area contributed by atoms with Crippen molar-refractivity contribution in [3.05, 3.63) is 51.7 Å². The first-order valence-electron chi connectivity index (χ1n) is 5.52. The zero-order valence-corrected chi connectivity index (χ0v) is 10.7. The van der Waals surface area contributed by atoms with Crippen molar-refractivity contribution >= 4 is 23.0 Å². The van der Waals surface area contributed by atoms with Gasteiger partial charge < -0.3 is 10.5 Å². The number of esters is 1. The summed E-state index contributed by atoms with van der Waals surface area (Å²) in [5, 5.41) is 1.91. The molecule has 0 fully saturated rings. The number of thiophene rings is 1. The van der Waals surface area contributed by atoms with E-state index in [0.717, 1.165) is 17.0 Å². The van der Waals surface area contributed by atoms with Gasteiger partial charge in [0, 0.05) is 17.4 Å². The average Bonchev–Trinajstić information content (AvgIpc) is 2.86. The molecular weight excluding hydrogens is 272 g/mol. The molecule has 1 heterocycles. The molecule has 2 aromatic rings. The molecule has 2 rings (SSSR count). The number of halogens is 2. The molecular formula is C13H11F2NO2S. The van der Waals surface area contributed by atoms with Crippen LogP contribution in [0.4, 0.5) is 14.5 Å². The summed E-state index contributed by atoms with van der Waals surface area (Å²) in [6.45, 7) is 0.116. The number of nitrogen functional groups attached to an aromatic ring is 1. The fourth-order valence-corrected chi connectivity index (χ4v) is 2.19. The summed E-state index contributed by atoms with van der Waals surface area (Å²) in [5.74, 6) is -2.63. The third-order valence-electron chi connectivity index (χ3n) is 2.47. The monoisotopic (exact) mass is 283 g/mol. The number of nitrogens with two attached hydrogens (primary N) is 1. The summed E-state index contributed by atoms with van der Waals surface area (Å²) in [5.41, 5.74) is 4.40. The van der Waals surface area contributed by atoms with Crippen molar-refractivity contribution in [1.29, 1.82) is 0 Å². The molecule has 0 atom stereocenters. The molecule has 100 valence electrons. The van der Waals surface area contributed by atoms with Crippen LogP contribution in [-0.4, -0.2) is 12.6 Å². The Labute approximate surface area is 112 Å². The Bertz CT molecular complexity index is 585. The van der Waals surface area contributed by atoms with Gasteiger partial charge in [0.05, 0.1) is 17.9 Å². The van der Waals surface area contributed by atoms with E-state index < -0.39 is 23.2 Å². The summed E-state index contributed by atoms with van der Waals surface area (Å²) in [6, 6.07) is 5.31. The van der Waals surface area contributed by atoms with Gasteiger partial charge in [0.1, 0.15) is 11.6 Å². The Morgan fingerprint density at radius 1 is 1.32 bits per heavy atom. The van der Waals surface area contributed by atoms with Crippen molar-refractivity contribution < 1.29 is 18.3 Å². The van der Waals surface area contributed by atoms with E-state index in [1.54, 1.807) is 0 Å². The second kappa shape index (κ2) is 5.79. The van der Waals surface area contributed by atoms with Gasteiger partial charge in [-0.05, 0) is 17.5 Å². The van der Waals surface area contributed by atoms with Gasteiger partial charge in [-0.1, -0.05) is 6.07 Å². The van der Waals surface area contributed by atoms with Gasteiger partial charge in [0.2, 0.25) is 0 Å². The second-order valence-electron chi connectivity index (χ2n) is 3.82. The van der Waals surface area contributed by atoms with E-state index in [1.807, 2.05) is 17.5 Å². The van der Waals surface area contributed by atoms with Crippen LogP contribution < -0.4 is 5.73 Å². The number of rotatable bonds is 4. The lowest BCUT2D eigenvalue weighted by molar-refractivity contribution is 0.0504. The van der Waals surface area contributed by atoms with Crippen LogP contribution in [0.2, 0.25) is 0 Å². The maximum Gasteiger partial charge on any atom is 0.341 e. The molecule has 2 N–H and O–H groups in total. The Morgan fingerprint density at radius 2 is 2.11 bits per heavy atom. The van der Waals surface area contributed by atoms with Crippen molar-refractivity contribution in [1.82, 2.24) is 0 Å². The maximum absolute atomic E-state index is 13.4. The minimum absolute atomic E-state index is 0.116. The average molecular weight is 283 g/mol. The number of benzene rings is 1. The molecule has 6 heteroatoms. The Balaban J connectivity index is 1.98. The highest BCUT2D eigenvalue weighted by molar-refractivity contribution is 7.09. The molecule has 0 spiro atoms. The van der Waals surface area contributed by atoms with Gasteiger partial charge in [-0.15, -0.1) is 11.3 Å². The molecule has 0 unspecified atom stereocenters. The number of hydrogen-bond donors (Lipinski definition) is 1. The maximum atomic E-state index is 13.4. The highest BCUT2D eigenvalue weighted by atomic mass is 32.1. The molecule has 0 aliphatic carbocycles. The van der Waals surface area contributed by atoms with Crippen LogP contribution in [0.1, 0.15) is 15.2 Å². The van der Waals surface area contributed by atoms with E-state index in [1.165, 1.54) is 11.3 Å². The summed E-state index contributed by atoms with van der Waals surface area (Å²) < 4.78 is 31.5. The van der Waals surface area contributed by atoms with Crippen molar-refractivity contribution in [2.45, 2.75) is 6.42 Å². The van der Waals surface area contributed by atoms with Gasteiger partial charge in [-0.2, -0.15) is 0 Å². The van der Waals surface area contributed by atoms with Gasteiger partial charge in [0.25, 0.3) is 0 Å². The lowest BCUT2D eigenvalue weighted by atomic mass is 10.2. The molecule has 0 saturated carbocycles. The first kappa shape index (κ1) is 13.5. The smallest absolute Gasteiger partial charge is 0.341 e. The summed E-state index contributed by atoms with van der Waals surface area (Å²) >= 11 is 1.54. The third kappa shape index (κ3) is 3.29. The Hall–Kier alpha value is -1.95. The lowest BCUT2D eigenvalue weighted by Crippen LogP contribution is -2.11. The van der Waals surface area contributed by atoms with Crippen LogP contribution in [0, 0.1) is 11.6 Å². The molecule has 0 bridgehead atoms. The van der Waals surface area contributed by atoms with Crippen LogP contribution in [0.5, 0.6) is 0 Å². The van der Waals surface area contributed by atoms with E-state index in [9.17, 15) is 13.6 Å². The first-order chi connectivity index (χ1) is 9.08. The minimum atomic E-state index is -0.895. The largest absolute Gasteiger partial charge is 0.462 e. The van der Waals surface area contributed by atoms with Crippen LogP contribution in [0.3, 0.4) is 0 Å². The predicted molar refractivity (Wildman–Crippen MR) is 69.1 cm³/mol. The Kier molecular flexibility index (Phi) is 4.11. The Morgan fingerprint density at radius 3 is 2.79 bits per heavy atom. The molecule has 1 aromatic carbocycles. The van der Waals surface area contributed by atoms with Gasteiger partial charge in [-0.25, -0.2) is 13.6 Å². The molecule has 0 radical (unpaired) electrons. The topological polar surface area (TPSA) is 52.3 Å². The second-order valence-corrected chi connectivity index (χ2v) is 4.85. The lowest BCUT2D eigenvalue weighted by Gasteiger charge is -2.06. The number of carbonyl (C=O) groups excluding carboxylic acids is 1. The van der Waals surface area contributed by atoms with Crippen molar-refractivity contribution in [3.63, 3.8) is 0 Å². The van der Waals surface area contributed by atoms with E-state index in [2.05, 4.69) is 0 Å². The highest BCUT2D eigenvalue weighted by Crippen LogP contribution is 2.17. The zero-order valence-electron chi connectivity index (χ0n) is 9.86. The van der Waals surface area contributed by atoms with Crippen molar-refractivity contribution in [2.75, 3.05) is 12.3 Å². The van der Waals surface area contributed by atoms with Crippen LogP contribution in [-0.2, 0) is 11.2 Å². The molecule has 0 aliphatic heterocycles. The number of anilines is 1. The van der Waals surface area contributed by atoms with Crippen molar-refractivity contribution in [3.8, 4) is 0 Å². The number of carbonyl (C=O) groups is 1. The van der Waals surface area contributed by atoms with Gasteiger partial charge in [0.15, 0.2) is 0 Å². The minimum Gasteiger partial charge on any atom is -0.462 e. The van der Waals surface area contributed by atoms with Crippen LogP contribution in [0.25, 0.3) is 0 Å². The van der Waals surface area contributed by atoms with E-state index in [-0.39, 0.29) is 12.3 Å². The molecule has 19 heavy (non-hydrogen) atoms. The third-order valence-corrected chi connectivity index (χ3v) is 3.40.